The third-order valence-corrected chi connectivity index (χ3v) is 7.73. The minimum absolute atomic E-state index is 0.506. The second-order valence-corrected chi connectivity index (χ2v) is 10.1. The molecule has 0 radical (unpaired) electrons. The first-order valence-corrected chi connectivity index (χ1v) is 13.6. The van der Waals surface area contributed by atoms with Gasteiger partial charge in [0.25, 0.3) is 0 Å². The molecule has 8 rings (SSSR count). The Kier molecular flexibility index (Phi) is 5.42. The lowest BCUT2D eigenvalue weighted by Crippen LogP contribution is -1.91. The van der Waals surface area contributed by atoms with Gasteiger partial charge in [-0.1, -0.05) is 91.0 Å². The molecule has 2 aromatic heterocycles. The van der Waals surface area contributed by atoms with E-state index in [2.05, 4.69) is 112 Å². The molecule has 0 N–H and O–H groups in total. The van der Waals surface area contributed by atoms with Gasteiger partial charge in [0.2, 0.25) is 11.8 Å². The smallest absolute Gasteiger partial charge is 0.248 e. The number of nitrogens with zero attached hydrogens (tertiary/aromatic N) is 3. The van der Waals surface area contributed by atoms with Crippen LogP contribution in [0.3, 0.4) is 0 Å². The zero-order valence-electron chi connectivity index (χ0n) is 22.0. The minimum Gasteiger partial charge on any atom is -0.416 e. The highest BCUT2D eigenvalue weighted by Gasteiger charge is 2.17. The lowest BCUT2D eigenvalue weighted by atomic mass is 9.85. The van der Waals surface area contributed by atoms with Gasteiger partial charge in [0.1, 0.15) is 0 Å². The summed E-state index contributed by atoms with van der Waals surface area (Å²) in [7, 11) is 0. The van der Waals surface area contributed by atoms with Gasteiger partial charge < -0.3 is 4.42 Å². The first-order valence-electron chi connectivity index (χ1n) is 13.6. The van der Waals surface area contributed by atoms with Gasteiger partial charge in [0, 0.05) is 28.9 Å². The van der Waals surface area contributed by atoms with Crippen LogP contribution in [0, 0.1) is 0 Å². The standard InChI is InChI=1S/C37H23N3O/c1-2-8-26(9-3-1)36-39-40-37(41-36)27-17-15-25(16-18-27)34-30-10-4-6-12-32(30)35(33-13-7-5-11-31(33)34)28-19-14-24-20-21-38-23-29(24)22-28/h1-23H. The largest absolute Gasteiger partial charge is 0.416 e. The Bertz CT molecular complexity index is 2140. The van der Waals surface area contributed by atoms with Crippen molar-refractivity contribution in [3.63, 3.8) is 0 Å². The van der Waals surface area contributed by atoms with Crippen LogP contribution in [0.2, 0.25) is 0 Å². The normalized spacial score (nSPS) is 11.4. The van der Waals surface area contributed by atoms with Crippen LogP contribution in [0.5, 0.6) is 0 Å². The van der Waals surface area contributed by atoms with Gasteiger partial charge >= 0.3 is 0 Å². The Hall–Kier alpha value is -5.61. The lowest BCUT2D eigenvalue weighted by molar-refractivity contribution is 0.584. The van der Waals surface area contributed by atoms with Crippen molar-refractivity contribution in [1.29, 1.82) is 0 Å². The molecule has 2 heterocycles. The van der Waals surface area contributed by atoms with Gasteiger partial charge in [-0.3, -0.25) is 4.98 Å². The molecular weight excluding hydrogens is 502 g/mol. The maximum absolute atomic E-state index is 6.01. The average Bonchev–Trinajstić information content (AvgIpc) is 3.54. The summed E-state index contributed by atoms with van der Waals surface area (Å²) in [6.45, 7) is 0. The van der Waals surface area contributed by atoms with Crippen molar-refractivity contribution in [2.24, 2.45) is 0 Å². The van der Waals surface area contributed by atoms with E-state index in [9.17, 15) is 0 Å². The molecule has 0 aliphatic rings. The highest BCUT2D eigenvalue weighted by molar-refractivity contribution is 6.21. The molecule has 0 atom stereocenters. The van der Waals surface area contributed by atoms with Crippen molar-refractivity contribution < 1.29 is 4.42 Å². The summed E-state index contributed by atoms with van der Waals surface area (Å²) in [6.07, 6.45) is 3.78. The van der Waals surface area contributed by atoms with E-state index in [1.807, 2.05) is 42.7 Å². The summed E-state index contributed by atoms with van der Waals surface area (Å²) in [6, 6.07) is 44.3. The van der Waals surface area contributed by atoms with E-state index >= 15 is 0 Å². The quantitative estimate of drug-likeness (QED) is 0.215. The molecule has 0 aliphatic carbocycles. The molecule has 8 aromatic rings. The fourth-order valence-electron chi connectivity index (χ4n) is 5.81. The molecule has 0 saturated carbocycles. The summed E-state index contributed by atoms with van der Waals surface area (Å²) >= 11 is 0. The van der Waals surface area contributed by atoms with Crippen LogP contribution < -0.4 is 0 Å². The Balaban J connectivity index is 1.29. The fraction of sp³-hybridized carbons (Fsp3) is 0. The van der Waals surface area contributed by atoms with Crippen LogP contribution in [0.25, 0.3) is 77.5 Å². The fourth-order valence-corrected chi connectivity index (χ4v) is 5.81. The highest BCUT2D eigenvalue weighted by atomic mass is 16.4. The lowest BCUT2D eigenvalue weighted by Gasteiger charge is -2.18. The minimum atomic E-state index is 0.506. The van der Waals surface area contributed by atoms with Crippen molar-refractivity contribution in [3.8, 4) is 45.2 Å². The van der Waals surface area contributed by atoms with Gasteiger partial charge in [-0.15, -0.1) is 10.2 Å². The number of hydrogen-bond acceptors (Lipinski definition) is 4. The first-order chi connectivity index (χ1) is 20.3. The van der Waals surface area contributed by atoms with Crippen molar-refractivity contribution in [3.05, 3.63) is 140 Å². The summed E-state index contributed by atoms with van der Waals surface area (Å²) in [4.78, 5) is 4.36. The predicted molar refractivity (Wildman–Crippen MR) is 166 cm³/mol. The van der Waals surface area contributed by atoms with Crippen LogP contribution in [-0.2, 0) is 0 Å². The van der Waals surface area contributed by atoms with Crippen molar-refractivity contribution in [1.82, 2.24) is 15.2 Å². The average molecular weight is 526 g/mol. The monoisotopic (exact) mass is 525 g/mol. The van der Waals surface area contributed by atoms with E-state index < -0.39 is 0 Å². The summed E-state index contributed by atoms with van der Waals surface area (Å²) in [5.74, 6) is 1.02. The SMILES string of the molecule is c1ccc(-c2nnc(-c3ccc(-c4c5ccccc5c(-c5ccc6ccncc6c5)c5ccccc45)cc3)o2)cc1. The maximum atomic E-state index is 6.01. The van der Waals surface area contributed by atoms with E-state index in [0.717, 1.165) is 22.1 Å². The Labute approximate surface area is 236 Å². The first kappa shape index (κ1) is 23.3. The Morgan fingerprint density at radius 3 is 1.56 bits per heavy atom. The molecule has 0 fully saturated rings. The van der Waals surface area contributed by atoms with Crippen LogP contribution in [0.4, 0.5) is 0 Å². The number of pyridine rings is 1. The molecule has 0 aliphatic heterocycles. The molecule has 0 spiro atoms. The van der Waals surface area contributed by atoms with E-state index in [0.29, 0.717) is 11.8 Å². The maximum Gasteiger partial charge on any atom is 0.248 e. The highest BCUT2D eigenvalue weighted by Crippen LogP contribution is 2.44. The van der Waals surface area contributed by atoms with E-state index in [1.54, 1.807) is 0 Å². The van der Waals surface area contributed by atoms with Gasteiger partial charge in [-0.05, 0) is 85.6 Å². The van der Waals surface area contributed by atoms with E-state index in [4.69, 9.17) is 4.42 Å². The molecular formula is C37H23N3O. The molecule has 0 bridgehead atoms. The molecule has 41 heavy (non-hydrogen) atoms. The van der Waals surface area contributed by atoms with Crippen LogP contribution >= 0.6 is 0 Å². The second-order valence-electron chi connectivity index (χ2n) is 10.1. The van der Waals surface area contributed by atoms with E-state index in [-0.39, 0.29) is 0 Å². The summed E-state index contributed by atoms with van der Waals surface area (Å²) in [5.41, 5.74) is 6.57. The third-order valence-electron chi connectivity index (χ3n) is 7.73. The number of rotatable bonds is 4. The van der Waals surface area contributed by atoms with Gasteiger partial charge in [-0.2, -0.15) is 0 Å². The van der Waals surface area contributed by atoms with Crippen LogP contribution in [0.1, 0.15) is 0 Å². The number of benzene rings is 6. The topological polar surface area (TPSA) is 51.8 Å². The van der Waals surface area contributed by atoms with Crippen molar-refractivity contribution in [2.45, 2.75) is 0 Å². The van der Waals surface area contributed by atoms with Crippen molar-refractivity contribution >= 4 is 32.3 Å². The van der Waals surface area contributed by atoms with Crippen LogP contribution in [0.15, 0.2) is 144 Å². The Morgan fingerprint density at radius 1 is 0.415 bits per heavy atom. The number of aromatic nitrogens is 3. The van der Waals surface area contributed by atoms with Crippen LogP contribution in [-0.4, -0.2) is 15.2 Å². The van der Waals surface area contributed by atoms with E-state index in [1.165, 1.54) is 43.6 Å². The molecule has 0 amide bonds. The molecule has 0 saturated heterocycles. The third kappa shape index (κ3) is 3.97. The predicted octanol–water partition coefficient (Wildman–Crippen LogP) is 9.59. The molecule has 4 nitrogen and oxygen atoms in total. The number of fused-ring (bicyclic) bond motifs is 3. The molecule has 192 valence electrons. The summed E-state index contributed by atoms with van der Waals surface area (Å²) in [5, 5.41) is 15.8. The van der Waals surface area contributed by atoms with Gasteiger partial charge in [0.15, 0.2) is 0 Å². The number of hydrogen-bond donors (Lipinski definition) is 0. The van der Waals surface area contributed by atoms with Gasteiger partial charge in [-0.25, -0.2) is 0 Å². The Morgan fingerprint density at radius 2 is 0.927 bits per heavy atom. The zero-order chi connectivity index (χ0) is 27.2. The van der Waals surface area contributed by atoms with Crippen molar-refractivity contribution in [2.75, 3.05) is 0 Å². The zero-order valence-corrected chi connectivity index (χ0v) is 22.0. The second kappa shape index (κ2) is 9.54. The molecule has 6 aromatic carbocycles. The van der Waals surface area contributed by atoms with Gasteiger partial charge in [0.05, 0.1) is 0 Å². The molecule has 4 heteroatoms. The summed E-state index contributed by atoms with van der Waals surface area (Å²) < 4.78 is 6.01. The molecule has 0 unspecified atom stereocenters.